The fourth-order valence-electron chi connectivity index (χ4n) is 1.92. The maximum absolute atomic E-state index is 5.89. The van der Waals surface area contributed by atoms with E-state index in [-0.39, 0.29) is 0 Å². The maximum atomic E-state index is 5.89. The van der Waals surface area contributed by atoms with Crippen molar-refractivity contribution >= 4 is 19.9 Å². The van der Waals surface area contributed by atoms with Crippen LogP contribution in [0.5, 0.6) is 11.5 Å². The highest BCUT2D eigenvalue weighted by Gasteiger charge is 2.17. The number of fused-ring (bicyclic) bond motifs is 2. The SMILES string of the molecule is Cc1ccc2c(c1)[Si]c1cc(C)ccc1O2. The van der Waals surface area contributed by atoms with Crippen LogP contribution in [0.25, 0.3) is 0 Å². The largest absolute Gasteiger partial charge is 0.458 e. The van der Waals surface area contributed by atoms with E-state index in [0.29, 0.717) is 9.52 Å². The minimum atomic E-state index is 0.712. The summed E-state index contributed by atoms with van der Waals surface area (Å²) >= 11 is 0. The first-order valence-corrected chi connectivity index (χ1v) is 6.38. The molecule has 0 atom stereocenters. The number of aryl methyl sites for hydroxylation is 2. The van der Waals surface area contributed by atoms with Crippen LogP contribution in [-0.4, -0.2) is 9.52 Å². The fraction of sp³-hybridized carbons (Fsp3) is 0.143. The van der Waals surface area contributed by atoms with Gasteiger partial charge in [-0.2, -0.15) is 0 Å². The molecule has 0 saturated carbocycles. The quantitative estimate of drug-likeness (QED) is 0.531. The molecule has 0 N–H and O–H groups in total. The van der Waals surface area contributed by atoms with Gasteiger partial charge < -0.3 is 4.74 Å². The predicted molar refractivity (Wildman–Crippen MR) is 67.5 cm³/mol. The molecule has 1 aliphatic heterocycles. The highest BCUT2D eigenvalue weighted by Crippen LogP contribution is 2.22. The molecule has 0 amide bonds. The third-order valence-electron chi connectivity index (χ3n) is 2.76. The van der Waals surface area contributed by atoms with Crippen molar-refractivity contribution in [3.8, 4) is 11.5 Å². The minimum Gasteiger partial charge on any atom is -0.458 e. The molecular formula is C14H12OSi. The van der Waals surface area contributed by atoms with Gasteiger partial charge in [0.05, 0.1) is 0 Å². The van der Waals surface area contributed by atoms with E-state index in [9.17, 15) is 0 Å². The van der Waals surface area contributed by atoms with E-state index in [4.69, 9.17) is 4.74 Å². The molecule has 2 aromatic rings. The Morgan fingerprint density at radius 1 is 0.812 bits per heavy atom. The Balaban J connectivity index is 2.10. The van der Waals surface area contributed by atoms with Gasteiger partial charge in [0.2, 0.25) is 0 Å². The van der Waals surface area contributed by atoms with Crippen molar-refractivity contribution in [3.63, 3.8) is 0 Å². The van der Waals surface area contributed by atoms with Gasteiger partial charge in [0.15, 0.2) is 0 Å². The van der Waals surface area contributed by atoms with E-state index in [1.54, 1.807) is 0 Å². The van der Waals surface area contributed by atoms with Crippen LogP contribution in [0.1, 0.15) is 11.1 Å². The molecule has 0 spiro atoms. The third-order valence-corrected chi connectivity index (χ3v) is 4.08. The van der Waals surface area contributed by atoms with Crippen LogP contribution in [0.2, 0.25) is 0 Å². The van der Waals surface area contributed by atoms with Crippen molar-refractivity contribution in [3.05, 3.63) is 47.5 Å². The zero-order valence-electron chi connectivity index (χ0n) is 9.37. The van der Waals surface area contributed by atoms with Crippen molar-refractivity contribution in [1.82, 2.24) is 0 Å². The predicted octanol–water partition coefficient (Wildman–Crippen LogP) is 2.06. The molecule has 1 aliphatic rings. The van der Waals surface area contributed by atoms with Crippen LogP contribution in [0.3, 0.4) is 0 Å². The Kier molecular flexibility index (Phi) is 2.11. The smallest absolute Gasteiger partial charge is 0.131 e. The number of hydrogen-bond donors (Lipinski definition) is 0. The summed E-state index contributed by atoms with van der Waals surface area (Å²) in [6, 6.07) is 12.8. The van der Waals surface area contributed by atoms with Crippen LogP contribution >= 0.6 is 0 Å². The van der Waals surface area contributed by atoms with E-state index in [0.717, 1.165) is 11.5 Å². The molecule has 2 heteroatoms. The third kappa shape index (κ3) is 1.55. The average Bonchev–Trinajstić information content (AvgIpc) is 2.26. The van der Waals surface area contributed by atoms with Crippen LogP contribution in [-0.2, 0) is 0 Å². The summed E-state index contributed by atoms with van der Waals surface area (Å²) < 4.78 is 5.89. The van der Waals surface area contributed by atoms with E-state index >= 15 is 0 Å². The van der Waals surface area contributed by atoms with Crippen molar-refractivity contribution in [1.29, 1.82) is 0 Å². The van der Waals surface area contributed by atoms with Crippen LogP contribution < -0.4 is 15.1 Å². The zero-order chi connectivity index (χ0) is 11.1. The van der Waals surface area contributed by atoms with Gasteiger partial charge in [0, 0.05) is 0 Å². The molecule has 2 radical (unpaired) electrons. The highest BCUT2D eigenvalue weighted by atomic mass is 28.2. The van der Waals surface area contributed by atoms with Crippen molar-refractivity contribution in [2.75, 3.05) is 0 Å². The molecule has 2 aromatic carbocycles. The average molecular weight is 224 g/mol. The number of ether oxygens (including phenoxy) is 1. The van der Waals surface area contributed by atoms with E-state index in [2.05, 4.69) is 50.2 Å². The fourth-order valence-corrected chi connectivity index (χ4v) is 3.33. The Morgan fingerprint density at radius 2 is 1.31 bits per heavy atom. The van der Waals surface area contributed by atoms with Gasteiger partial charge in [0.25, 0.3) is 0 Å². The molecular weight excluding hydrogens is 212 g/mol. The summed E-state index contributed by atoms with van der Waals surface area (Å²) in [5.74, 6) is 2.03. The number of hydrogen-bond acceptors (Lipinski definition) is 1. The van der Waals surface area contributed by atoms with Crippen LogP contribution in [0.4, 0.5) is 0 Å². The molecule has 0 bridgehead atoms. The Labute approximate surface area is 97.9 Å². The van der Waals surface area contributed by atoms with Crippen LogP contribution in [0, 0.1) is 13.8 Å². The lowest BCUT2D eigenvalue weighted by molar-refractivity contribution is 0.487. The van der Waals surface area contributed by atoms with E-state index < -0.39 is 0 Å². The summed E-state index contributed by atoms with van der Waals surface area (Å²) in [6.07, 6.45) is 0. The Hall–Kier alpha value is -1.54. The molecule has 3 rings (SSSR count). The second-order valence-corrected chi connectivity index (χ2v) is 5.55. The molecule has 0 fully saturated rings. The first kappa shape index (κ1) is 9.67. The van der Waals surface area contributed by atoms with Gasteiger partial charge in [-0.25, -0.2) is 0 Å². The van der Waals surface area contributed by atoms with Crippen LogP contribution in [0.15, 0.2) is 36.4 Å². The molecule has 0 saturated heterocycles. The molecule has 1 nitrogen and oxygen atoms in total. The van der Waals surface area contributed by atoms with Gasteiger partial charge in [-0.05, 0) is 36.4 Å². The van der Waals surface area contributed by atoms with Gasteiger partial charge in [-0.3, -0.25) is 0 Å². The number of benzene rings is 2. The normalized spacial score (nSPS) is 12.6. The topological polar surface area (TPSA) is 9.23 Å². The van der Waals surface area contributed by atoms with Crippen molar-refractivity contribution < 1.29 is 4.74 Å². The first-order valence-electron chi connectivity index (χ1n) is 5.38. The number of rotatable bonds is 0. The Morgan fingerprint density at radius 3 is 1.81 bits per heavy atom. The zero-order valence-corrected chi connectivity index (χ0v) is 10.4. The van der Waals surface area contributed by atoms with Crippen molar-refractivity contribution in [2.24, 2.45) is 0 Å². The van der Waals surface area contributed by atoms with E-state index in [1.807, 2.05) is 0 Å². The summed E-state index contributed by atoms with van der Waals surface area (Å²) in [5.41, 5.74) is 2.59. The Bertz CT molecular complexity index is 511. The van der Waals surface area contributed by atoms with Gasteiger partial charge in [-0.1, -0.05) is 35.4 Å². The summed E-state index contributed by atoms with van der Waals surface area (Å²) in [7, 11) is 0.712. The summed E-state index contributed by atoms with van der Waals surface area (Å²) in [6.45, 7) is 4.24. The molecule has 0 aromatic heterocycles. The molecule has 1 heterocycles. The van der Waals surface area contributed by atoms with E-state index in [1.165, 1.54) is 21.5 Å². The second kappa shape index (κ2) is 3.49. The standard InChI is InChI=1S/C14H12OSi/c1-9-3-5-11-13(7-9)16-14-8-10(2)4-6-12(14)15-11/h3-8H,1-2H3. The monoisotopic (exact) mass is 224 g/mol. The minimum absolute atomic E-state index is 0.712. The maximum Gasteiger partial charge on any atom is 0.131 e. The van der Waals surface area contributed by atoms with Gasteiger partial charge in [-0.15, -0.1) is 0 Å². The molecule has 0 aliphatic carbocycles. The molecule has 16 heavy (non-hydrogen) atoms. The van der Waals surface area contributed by atoms with Gasteiger partial charge >= 0.3 is 0 Å². The second-order valence-electron chi connectivity index (χ2n) is 4.23. The molecule has 0 unspecified atom stereocenters. The first-order chi connectivity index (χ1) is 7.72. The lowest BCUT2D eigenvalue weighted by Crippen LogP contribution is -2.34. The lowest BCUT2D eigenvalue weighted by atomic mass is 10.2. The lowest BCUT2D eigenvalue weighted by Gasteiger charge is -2.20. The van der Waals surface area contributed by atoms with Crippen molar-refractivity contribution in [2.45, 2.75) is 13.8 Å². The van der Waals surface area contributed by atoms with Gasteiger partial charge in [0.1, 0.15) is 21.0 Å². The summed E-state index contributed by atoms with van der Waals surface area (Å²) in [5, 5.41) is 2.64. The highest BCUT2D eigenvalue weighted by molar-refractivity contribution is 6.69. The summed E-state index contributed by atoms with van der Waals surface area (Å²) in [4.78, 5) is 0. The molecule has 78 valence electrons.